The van der Waals surface area contributed by atoms with Crippen LogP contribution in [0.4, 0.5) is 0 Å². The van der Waals surface area contributed by atoms with E-state index in [4.69, 9.17) is 0 Å². The molecule has 3 rings (SSSR count). The average Bonchev–Trinajstić information content (AvgIpc) is 3.17. The minimum Gasteiger partial charge on any atom is -0.345 e. The molecule has 4 nitrogen and oxygen atoms in total. The van der Waals surface area contributed by atoms with Gasteiger partial charge >= 0.3 is 0 Å². The van der Waals surface area contributed by atoms with Gasteiger partial charge < -0.3 is 9.88 Å². The molecule has 3 aromatic rings. The van der Waals surface area contributed by atoms with Gasteiger partial charge in [-0.1, -0.05) is 43.7 Å². The van der Waals surface area contributed by atoms with Crippen molar-refractivity contribution in [1.82, 2.24) is 14.9 Å². The zero-order valence-corrected chi connectivity index (χ0v) is 13.7. The highest BCUT2D eigenvalue weighted by molar-refractivity contribution is 5.94. The average molecular weight is 319 g/mol. The molecule has 1 atom stereocenters. The van der Waals surface area contributed by atoms with E-state index in [-0.39, 0.29) is 11.9 Å². The summed E-state index contributed by atoms with van der Waals surface area (Å²) < 4.78 is 1.91. The molecule has 2 aromatic carbocycles. The molecule has 1 heterocycles. The third-order valence-corrected chi connectivity index (χ3v) is 4.02. The van der Waals surface area contributed by atoms with Crippen LogP contribution < -0.4 is 5.32 Å². The van der Waals surface area contributed by atoms with Crippen LogP contribution >= 0.6 is 0 Å². The summed E-state index contributed by atoms with van der Waals surface area (Å²) in [5.74, 6) is -0.0468. The maximum Gasteiger partial charge on any atom is 0.251 e. The quantitative estimate of drug-likeness (QED) is 0.742. The molecule has 0 aliphatic rings. The predicted octanol–water partition coefficient (Wildman–Crippen LogP) is 4.14. The third-order valence-electron chi connectivity index (χ3n) is 4.02. The normalized spacial score (nSPS) is 11.9. The first-order valence-corrected chi connectivity index (χ1v) is 8.22. The summed E-state index contributed by atoms with van der Waals surface area (Å²) in [5, 5.41) is 3.15. The first-order valence-electron chi connectivity index (χ1n) is 8.22. The molecule has 24 heavy (non-hydrogen) atoms. The van der Waals surface area contributed by atoms with Gasteiger partial charge in [-0.2, -0.15) is 0 Å². The lowest BCUT2D eigenvalue weighted by Gasteiger charge is -2.18. The number of carbonyl (C=O) groups excluding carboxylic acids is 1. The van der Waals surface area contributed by atoms with E-state index in [1.54, 1.807) is 12.5 Å². The van der Waals surface area contributed by atoms with E-state index in [1.165, 1.54) is 0 Å². The second-order valence-corrected chi connectivity index (χ2v) is 5.74. The van der Waals surface area contributed by atoms with Crippen LogP contribution in [0.5, 0.6) is 0 Å². The number of hydrogen-bond donors (Lipinski definition) is 1. The molecule has 0 aliphatic heterocycles. The lowest BCUT2D eigenvalue weighted by Crippen LogP contribution is -2.28. The van der Waals surface area contributed by atoms with E-state index in [1.807, 2.05) is 53.2 Å². The van der Waals surface area contributed by atoms with E-state index in [0.29, 0.717) is 5.56 Å². The van der Waals surface area contributed by atoms with Crippen LogP contribution in [0.3, 0.4) is 0 Å². The summed E-state index contributed by atoms with van der Waals surface area (Å²) in [6.45, 7) is 2.13. The summed E-state index contributed by atoms with van der Waals surface area (Å²) >= 11 is 0. The Labute approximate surface area is 142 Å². The lowest BCUT2D eigenvalue weighted by atomic mass is 10.0. The Balaban J connectivity index is 1.73. The minimum atomic E-state index is -0.0468. The molecular formula is C20H21N3O. The highest BCUT2D eigenvalue weighted by Gasteiger charge is 2.14. The molecule has 0 spiro atoms. The number of amides is 1. The SMILES string of the molecule is CCCC(NC(=O)c1ccc(-n2ccnc2)cc1)c1ccccc1. The molecule has 0 bridgehead atoms. The van der Waals surface area contributed by atoms with E-state index in [2.05, 4.69) is 29.4 Å². The summed E-state index contributed by atoms with van der Waals surface area (Å²) in [6.07, 6.45) is 7.28. The van der Waals surface area contributed by atoms with E-state index >= 15 is 0 Å². The van der Waals surface area contributed by atoms with Crippen LogP contribution in [0.25, 0.3) is 5.69 Å². The molecule has 1 unspecified atom stereocenters. The van der Waals surface area contributed by atoms with Crippen LogP contribution in [-0.4, -0.2) is 15.5 Å². The molecule has 0 radical (unpaired) electrons. The van der Waals surface area contributed by atoms with Crippen LogP contribution in [-0.2, 0) is 0 Å². The maximum absolute atomic E-state index is 12.6. The lowest BCUT2D eigenvalue weighted by molar-refractivity contribution is 0.0934. The predicted molar refractivity (Wildman–Crippen MR) is 95.1 cm³/mol. The van der Waals surface area contributed by atoms with Gasteiger partial charge in [-0.05, 0) is 36.2 Å². The Morgan fingerprint density at radius 1 is 1.12 bits per heavy atom. The number of nitrogens with one attached hydrogen (secondary N) is 1. The third kappa shape index (κ3) is 3.71. The zero-order chi connectivity index (χ0) is 16.8. The largest absolute Gasteiger partial charge is 0.345 e. The molecular weight excluding hydrogens is 298 g/mol. The molecule has 4 heteroatoms. The van der Waals surface area contributed by atoms with Crippen molar-refractivity contribution in [3.63, 3.8) is 0 Å². The van der Waals surface area contributed by atoms with Gasteiger partial charge in [0.2, 0.25) is 0 Å². The fourth-order valence-corrected chi connectivity index (χ4v) is 2.73. The maximum atomic E-state index is 12.6. The van der Waals surface area contributed by atoms with Gasteiger partial charge in [0.05, 0.1) is 12.4 Å². The minimum absolute atomic E-state index is 0.0389. The summed E-state index contributed by atoms with van der Waals surface area (Å²) in [7, 11) is 0. The van der Waals surface area contributed by atoms with Crippen molar-refractivity contribution in [3.05, 3.63) is 84.4 Å². The van der Waals surface area contributed by atoms with Gasteiger partial charge in [0.15, 0.2) is 0 Å². The van der Waals surface area contributed by atoms with Gasteiger partial charge in [0.1, 0.15) is 0 Å². The van der Waals surface area contributed by atoms with E-state index in [9.17, 15) is 4.79 Å². The van der Waals surface area contributed by atoms with Crippen molar-refractivity contribution < 1.29 is 4.79 Å². The highest BCUT2D eigenvalue weighted by Crippen LogP contribution is 2.19. The Bertz CT molecular complexity index is 764. The Hall–Kier alpha value is -2.88. The number of imidazole rings is 1. The first-order chi connectivity index (χ1) is 11.8. The van der Waals surface area contributed by atoms with Gasteiger partial charge in [0, 0.05) is 23.6 Å². The van der Waals surface area contributed by atoms with Crippen LogP contribution in [0.15, 0.2) is 73.3 Å². The van der Waals surface area contributed by atoms with Crippen molar-refractivity contribution in [2.45, 2.75) is 25.8 Å². The second kappa shape index (κ2) is 7.59. The fraction of sp³-hybridized carbons (Fsp3) is 0.200. The number of hydrogen-bond acceptors (Lipinski definition) is 2. The Morgan fingerprint density at radius 2 is 1.88 bits per heavy atom. The topological polar surface area (TPSA) is 46.9 Å². The van der Waals surface area contributed by atoms with E-state index in [0.717, 1.165) is 24.1 Å². The monoisotopic (exact) mass is 319 g/mol. The van der Waals surface area contributed by atoms with Gasteiger partial charge in [0.25, 0.3) is 5.91 Å². The molecule has 122 valence electrons. The molecule has 0 aliphatic carbocycles. The van der Waals surface area contributed by atoms with Crippen molar-refractivity contribution in [2.24, 2.45) is 0 Å². The van der Waals surface area contributed by atoms with Crippen molar-refractivity contribution in [1.29, 1.82) is 0 Å². The van der Waals surface area contributed by atoms with Crippen molar-refractivity contribution in [3.8, 4) is 5.69 Å². The van der Waals surface area contributed by atoms with Gasteiger partial charge in [-0.3, -0.25) is 4.79 Å². The Morgan fingerprint density at radius 3 is 2.50 bits per heavy atom. The summed E-state index contributed by atoms with van der Waals surface area (Å²) in [6, 6.07) is 17.7. The van der Waals surface area contributed by atoms with Crippen LogP contribution in [0.2, 0.25) is 0 Å². The second-order valence-electron chi connectivity index (χ2n) is 5.74. The van der Waals surface area contributed by atoms with E-state index < -0.39 is 0 Å². The smallest absolute Gasteiger partial charge is 0.251 e. The van der Waals surface area contributed by atoms with Crippen LogP contribution in [0, 0.1) is 0 Å². The summed E-state index contributed by atoms with van der Waals surface area (Å²) in [5.41, 5.74) is 2.79. The number of benzene rings is 2. The summed E-state index contributed by atoms with van der Waals surface area (Å²) in [4.78, 5) is 16.6. The molecule has 0 saturated carbocycles. The first kappa shape index (κ1) is 16.0. The number of aromatic nitrogens is 2. The standard InChI is InChI=1S/C20H21N3O/c1-2-6-19(16-7-4-3-5-8-16)22-20(24)17-9-11-18(12-10-17)23-14-13-21-15-23/h3-5,7-15,19H,2,6H2,1H3,(H,22,24). The Kier molecular flexibility index (Phi) is 5.06. The zero-order valence-electron chi connectivity index (χ0n) is 13.7. The fourth-order valence-electron chi connectivity index (χ4n) is 2.73. The van der Waals surface area contributed by atoms with Gasteiger partial charge in [-0.25, -0.2) is 4.98 Å². The molecule has 1 amide bonds. The van der Waals surface area contributed by atoms with Crippen molar-refractivity contribution >= 4 is 5.91 Å². The molecule has 0 fully saturated rings. The molecule has 0 saturated heterocycles. The molecule has 1 N–H and O–H groups in total. The van der Waals surface area contributed by atoms with Crippen LogP contribution in [0.1, 0.15) is 41.7 Å². The highest BCUT2D eigenvalue weighted by atomic mass is 16.1. The van der Waals surface area contributed by atoms with Crippen molar-refractivity contribution in [2.75, 3.05) is 0 Å². The number of rotatable bonds is 6. The van der Waals surface area contributed by atoms with Gasteiger partial charge in [-0.15, -0.1) is 0 Å². The number of carbonyl (C=O) groups is 1. The molecule has 1 aromatic heterocycles. The number of nitrogens with zero attached hydrogens (tertiary/aromatic N) is 2.